The summed E-state index contributed by atoms with van der Waals surface area (Å²) in [4.78, 5) is 2.92. The minimum absolute atomic E-state index is 0.511. The van der Waals surface area contributed by atoms with Gasteiger partial charge in [-0.2, -0.15) is 0 Å². The van der Waals surface area contributed by atoms with Crippen LogP contribution in [0.15, 0.2) is 34.8 Å². The molecule has 88 valence electrons. The standard InChI is InChI=1S/C14H14BrNS/c1-9-6-12-13(7-16-8-14(12)17-9)10-2-4-11(15)5-3-10/h2-6,13,16H,7-8H2,1H3/t13-/m0/s1. The van der Waals surface area contributed by atoms with Gasteiger partial charge in [-0.3, -0.25) is 0 Å². The fraction of sp³-hybridized carbons (Fsp3) is 0.286. The van der Waals surface area contributed by atoms with Crippen molar-refractivity contribution in [2.45, 2.75) is 19.4 Å². The Kier molecular flexibility index (Phi) is 3.07. The zero-order valence-corrected chi connectivity index (χ0v) is 12.1. The Bertz CT molecular complexity index is 530. The third-order valence-corrected chi connectivity index (χ3v) is 4.84. The highest BCUT2D eigenvalue weighted by atomic mass is 79.9. The van der Waals surface area contributed by atoms with E-state index in [9.17, 15) is 0 Å². The summed E-state index contributed by atoms with van der Waals surface area (Å²) in [5.41, 5.74) is 2.92. The molecular weight excluding hydrogens is 294 g/mol. The number of halogens is 1. The van der Waals surface area contributed by atoms with Gasteiger partial charge < -0.3 is 5.32 Å². The Balaban J connectivity index is 2.02. The molecule has 0 saturated carbocycles. The molecule has 1 aromatic carbocycles. The second-order valence-corrected chi connectivity index (χ2v) is 6.73. The Hall–Kier alpha value is -0.640. The minimum Gasteiger partial charge on any atom is -0.311 e. The van der Waals surface area contributed by atoms with Gasteiger partial charge in [-0.1, -0.05) is 28.1 Å². The van der Waals surface area contributed by atoms with Crippen LogP contribution in [0.4, 0.5) is 0 Å². The van der Waals surface area contributed by atoms with E-state index in [0.717, 1.165) is 17.6 Å². The maximum Gasteiger partial charge on any atom is 0.0303 e. The lowest BCUT2D eigenvalue weighted by molar-refractivity contribution is 0.600. The van der Waals surface area contributed by atoms with Crippen LogP contribution in [-0.2, 0) is 6.54 Å². The molecule has 0 aliphatic carbocycles. The molecule has 1 aliphatic heterocycles. The lowest BCUT2D eigenvalue weighted by atomic mass is 9.89. The predicted molar refractivity (Wildman–Crippen MR) is 76.7 cm³/mol. The zero-order chi connectivity index (χ0) is 11.8. The van der Waals surface area contributed by atoms with Gasteiger partial charge in [0.15, 0.2) is 0 Å². The Morgan fingerprint density at radius 1 is 1.29 bits per heavy atom. The summed E-state index contributed by atoms with van der Waals surface area (Å²) in [5.74, 6) is 0.511. The van der Waals surface area contributed by atoms with Crippen LogP contribution in [-0.4, -0.2) is 6.54 Å². The number of aryl methyl sites for hydroxylation is 1. The lowest BCUT2D eigenvalue weighted by Crippen LogP contribution is -2.27. The van der Waals surface area contributed by atoms with Crippen LogP contribution in [0.25, 0.3) is 0 Å². The fourth-order valence-corrected chi connectivity index (χ4v) is 3.78. The average molecular weight is 308 g/mol. The fourth-order valence-electron chi connectivity index (χ4n) is 2.45. The van der Waals surface area contributed by atoms with Crippen molar-refractivity contribution >= 4 is 27.3 Å². The monoisotopic (exact) mass is 307 g/mol. The van der Waals surface area contributed by atoms with Gasteiger partial charge in [0.1, 0.15) is 0 Å². The van der Waals surface area contributed by atoms with E-state index in [-0.39, 0.29) is 0 Å². The van der Waals surface area contributed by atoms with Crippen molar-refractivity contribution in [3.63, 3.8) is 0 Å². The molecule has 1 aliphatic rings. The first-order chi connectivity index (χ1) is 8.24. The van der Waals surface area contributed by atoms with E-state index in [2.05, 4.69) is 58.5 Å². The highest BCUT2D eigenvalue weighted by molar-refractivity contribution is 9.10. The zero-order valence-electron chi connectivity index (χ0n) is 9.66. The van der Waals surface area contributed by atoms with Crippen molar-refractivity contribution in [2.24, 2.45) is 0 Å². The third-order valence-electron chi connectivity index (χ3n) is 3.25. The van der Waals surface area contributed by atoms with Gasteiger partial charge in [0.25, 0.3) is 0 Å². The first kappa shape index (κ1) is 11.5. The molecule has 0 bridgehead atoms. The van der Waals surface area contributed by atoms with E-state index in [1.807, 2.05) is 11.3 Å². The predicted octanol–water partition coefficient (Wildman–Crippen LogP) is 4.05. The van der Waals surface area contributed by atoms with E-state index in [1.54, 1.807) is 0 Å². The molecule has 1 atom stereocenters. The van der Waals surface area contributed by atoms with Gasteiger partial charge in [0.2, 0.25) is 0 Å². The summed E-state index contributed by atoms with van der Waals surface area (Å²) in [6.45, 7) is 4.27. The number of nitrogens with one attached hydrogen (secondary N) is 1. The van der Waals surface area contributed by atoms with Crippen molar-refractivity contribution in [3.8, 4) is 0 Å². The molecule has 17 heavy (non-hydrogen) atoms. The van der Waals surface area contributed by atoms with E-state index >= 15 is 0 Å². The quantitative estimate of drug-likeness (QED) is 0.838. The van der Waals surface area contributed by atoms with Crippen molar-refractivity contribution in [2.75, 3.05) is 6.54 Å². The second kappa shape index (κ2) is 4.56. The van der Waals surface area contributed by atoms with E-state index < -0.39 is 0 Å². The van der Waals surface area contributed by atoms with Gasteiger partial charge in [0, 0.05) is 33.2 Å². The Labute approximate surface area is 114 Å². The van der Waals surface area contributed by atoms with Crippen molar-refractivity contribution in [1.29, 1.82) is 0 Å². The van der Waals surface area contributed by atoms with Gasteiger partial charge in [-0.05, 0) is 36.2 Å². The highest BCUT2D eigenvalue weighted by Crippen LogP contribution is 2.35. The van der Waals surface area contributed by atoms with Gasteiger partial charge >= 0.3 is 0 Å². The number of hydrogen-bond donors (Lipinski definition) is 1. The van der Waals surface area contributed by atoms with Crippen molar-refractivity contribution < 1.29 is 0 Å². The number of benzene rings is 1. The van der Waals surface area contributed by atoms with Crippen molar-refractivity contribution in [1.82, 2.24) is 5.32 Å². The van der Waals surface area contributed by atoms with E-state index in [4.69, 9.17) is 0 Å². The first-order valence-corrected chi connectivity index (χ1v) is 7.40. The maximum atomic E-state index is 3.52. The summed E-state index contributed by atoms with van der Waals surface area (Å²) in [6.07, 6.45) is 0. The average Bonchev–Trinajstić information content (AvgIpc) is 2.70. The largest absolute Gasteiger partial charge is 0.311 e. The summed E-state index contributed by atoms with van der Waals surface area (Å²) in [6, 6.07) is 11.1. The molecule has 2 heterocycles. The highest BCUT2D eigenvalue weighted by Gasteiger charge is 2.23. The van der Waals surface area contributed by atoms with E-state index in [0.29, 0.717) is 5.92 Å². The molecule has 2 aromatic rings. The number of thiophene rings is 1. The Morgan fingerprint density at radius 3 is 2.82 bits per heavy atom. The third kappa shape index (κ3) is 2.19. The first-order valence-electron chi connectivity index (χ1n) is 5.79. The van der Waals surface area contributed by atoms with Crippen LogP contribution in [0.3, 0.4) is 0 Å². The van der Waals surface area contributed by atoms with Crippen LogP contribution in [0.5, 0.6) is 0 Å². The smallest absolute Gasteiger partial charge is 0.0303 e. The number of fused-ring (bicyclic) bond motifs is 1. The summed E-state index contributed by atoms with van der Waals surface area (Å²) < 4.78 is 1.15. The molecule has 0 unspecified atom stereocenters. The van der Waals surface area contributed by atoms with Crippen LogP contribution < -0.4 is 5.32 Å². The van der Waals surface area contributed by atoms with Crippen LogP contribution in [0.2, 0.25) is 0 Å². The molecule has 0 radical (unpaired) electrons. The van der Waals surface area contributed by atoms with Crippen molar-refractivity contribution in [3.05, 3.63) is 55.7 Å². The minimum atomic E-state index is 0.511. The molecule has 3 heteroatoms. The molecule has 1 aromatic heterocycles. The summed E-state index contributed by atoms with van der Waals surface area (Å²) in [7, 11) is 0. The summed E-state index contributed by atoms with van der Waals surface area (Å²) in [5, 5.41) is 3.52. The molecule has 0 fully saturated rings. The van der Waals surface area contributed by atoms with Crippen LogP contribution in [0.1, 0.15) is 26.8 Å². The SMILES string of the molecule is Cc1cc2c(s1)CNC[C@H]2c1ccc(Br)cc1. The molecule has 1 N–H and O–H groups in total. The van der Waals surface area contributed by atoms with Crippen LogP contribution >= 0.6 is 27.3 Å². The van der Waals surface area contributed by atoms with Crippen LogP contribution in [0, 0.1) is 6.92 Å². The van der Waals surface area contributed by atoms with Gasteiger partial charge in [-0.25, -0.2) is 0 Å². The van der Waals surface area contributed by atoms with Gasteiger partial charge in [-0.15, -0.1) is 11.3 Å². The molecule has 0 saturated heterocycles. The molecule has 3 rings (SSSR count). The normalized spacial score (nSPS) is 19.1. The topological polar surface area (TPSA) is 12.0 Å². The number of hydrogen-bond acceptors (Lipinski definition) is 2. The maximum absolute atomic E-state index is 3.52. The number of rotatable bonds is 1. The molecule has 0 spiro atoms. The lowest BCUT2D eigenvalue weighted by Gasteiger charge is -2.24. The Morgan fingerprint density at radius 2 is 2.06 bits per heavy atom. The molecule has 1 nitrogen and oxygen atoms in total. The van der Waals surface area contributed by atoms with E-state index in [1.165, 1.54) is 20.9 Å². The van der Waals surface area contributed by atoms with Gasteiger partial charge in [0.05, 0.1) is 0 Å². The molecular formula is C14H14BrNS. The molecule has 0 amide bonds. The second-order valence-electron chi connectivity index (χ2n) is 4.47. The summed E-state index contributed by atoms with van der Waals surface area (Å²) >= 11 is 5.41.